The Labute approximate surface area is 122 Å². The van der Waals surface area contributed by atoms with Crippen LogP contribution in [-0.4, -0.2) is 48.8 Å². The first-order valence-corrected chi connectivity index (χ1v) is 8.31. The molecule has 3 rings (SSSR count). The summed E-state index contributed by atoms with van der Waals surface area (Å²) in [6, 6.07) is 3.20. The molecule has 1 aliphatic heterocycles. The molecule has 0 spiro atoms. The van der Waals surface area contributed by atoms with Crippen molar-refractivity contribution in [3.8, 4) is 6.07 Å². The Morgan fingerprint density at radius 3 is 2.90 bits per heavy atom. The molecule has 0 radical (unpaired) electrons. The van der Waals surface area contributed by atoms with Crippen LogP contribution in [0.15, 0.2) is 0 Å². The fraction of sp³-hybridized carbons (Fsp3) is 0.938. The molecule has 1 saturated heterocycles. The molecule has 0 bridgehead atoms. The maximum atomic E-state index is 9.81. The van der Waals surface area contributed by atoms with Crippen LogP contribution in [0, 0.1) is 17.2 Å². The van der Waals surface area contributed by atoms with Crippen molar-refractivity contribution in [2.75, 3.05) is 26.2 Å². The first-order valence-electron chi connectivity index (χ1n) is 8.31. The van der Waals surface area contributed by atoms with E-state index in [4.69, 9.17) is 4.74 Å². The number of rotatable bonds is 6. The lowest BCUT2D eigenvalue weighted by molar-refractivity contribution is -0.0621. The topological polar surface area (TPSA) is 48.3 Å². The third-order valence-electron chi connectivity index (χ3n) is 5.21. The van der Waals surface area contributed by atoms with Gasteiger partial charge in [-0.25, -0.2) is 0 Å². The van der Waals surface area contributed by atoms with Crippen molar-refractivity contribution in [1.82, 2.24) is 10.2 Å². The highest BCUT2D eigenvalue weighted by Gasteiger charge is 2.48. The lowest BCUT2D eigenvalue weighted by Gasteiger charge is -2.42. The van der Waals surface area contributed by atoms with E-state index in [0.29, 0.717) is 18.1 Å². The average Bonchev–Trinajstić information content (AvgIpc) is 3.22. The van der Waals surface area contributed by atoms with E-state index in [-0.39, 0.29) is 5.54 Å². The van der Waals surface area contributed by atoms with Gasteiger partial charge in [-0.2, -0.15) is 5.26 Å². The number of hydrogen-bond acceptors (Lipinski definition) is 4. The predicted octanol–water partition coefficient (Wildman–Crippen LogP) is 1.91. The molecule has 112 valence electrons. The molecule has 4 heteroatoms. The Hall–Kier alpha value is -0.630. The standard InChI is InChI=1S/C16H27N3O/c1-2-8-18-16(11-17,13-6-7-13)12-19-9-10-20-15-5-3-4-14(15)19/h13-15,18H,2-10,12H2,1H3. The van der Waals surface area contributed by atoms with Gasteiger partial charge in [-0.05, 0) is 51.0 Å². The Balaban J connectivity index is 1.70. The van der Waals surface area contributed by atoms with Crippen molar-refractivity contribution >= 4 is 0 Å². The van der Waals surface area contributed by atoms with Crippen LogP contribution in [0.3, 0.4) is 0 Å². The van der Waals surface area contributed by atoms with E-state index in [2.05, 4.69) is 23.2 Å². The summed E-state index contributed by atoms with van der Waals surface area (Å²) >= 11 is 0. The zero-order valence-corrected chi connectivity index (χ0v) is 12.6. The highest BCUT2D eigenvalue weighted by Crippen LogP contribution is 2.41. The van der Waals surface area contributed by atoms with Crippen molar-refractivity contribution in [1.29, 1.82) is 5.26 Å². The van der Waals surface area contributed by atoms with Crippen LogP contribution in [0.4, 0.5) is 0 Å². The molecule has 2 aliphatic carbocycles. The average molecular weight is 277 g/mol. The van der Waals surface area contributed by atoms with Crippen molar-refractivity contribution in [2.45, 2.75) is 63.1 Å². The first kappa shape index (κ1) is 14.3. The number of fused-ring (bicyclic) bond motifs is 1. The third kappa shape index (κ3) is 2.72. The van der Waals surface area contributed by atoms with Crippen LogP contribution in [0.25, 0.3) is 0 Å². The minimum Gasteiger partial charge on any atom is -0.375 e. The van der Waals surface area contributed by atoms with Gasteiger partial charge >= 0.3 is 0 Å². The highest BCUT2D eigenvalue weighted by atomic mass is 16.5. The van der Waals surface area contributed by atoms with Gasteiger partial charge in [-0.1, -0.05) is 6.92 Å². The van der Waals surface area contributed by atoms with Crippen LogP contribution < -0.4 is 5.32 Å². The van der Waals surface area contributed by atoms with Gasteiger partial charge in [0.2, 0.25) is 0 Å². The number of nitrogens with one attached hydrogen (secondary N) is 1. The SMILES string of the molecule is CCCNC(C#N)(CN1CCOC2CCCC21)C1CC1. The lowest BCUT2D eigenvalue weighted by atomic mass is 9.92. The van der Waals surface area contributed by atoms with E-state index in [9.17, 15) is 5.26 Å². The summed E-state index contributed by atoms with van der Waals surface area (Å²) in [5.74, 6) is 0.557. The zero-order valence-electron chi connectivity index (χ0n) is 12.6. The summed E-state index contributed by atoms with van der Waals surface area (Å²) < 4.78 is 5.89. The molecule has 3 aliphatic rings. The molecule has 1 heterocycles. The number of ether oxygens (including phenoxy) is 1. The molecule has 3 atom stereocenters. The summed E-state index contributed by atoms with van der Waals surface area (Å²) in [6.45, 7) is 5.83. The fourth-order valence-corrected chi connectivity index (χ4v) is 3.94. The van der Waals surface area contributed by atoms with Gasteiger partial charge in [0.25, 0.3) is 0 Å². The number of morpholine rings is 1. The van der Waals surface area contributed by atoms with Gasteiger partial charge in [0.05, 0.1) is 18.8 Å². The quantitative estimate of drug-likeness (QED) is 0.806. The van der Waals surface area contributed by atoms with Crippen LogP contribution in [0.5, 0.6) is 0 Å². The molecule has 0 amide bonds. The summed E-state index contributed by atoms with van der Waals surface area (Å²) in [5.41, 5.74) is -0.319. The van der Waals surface area contributed by atoms with Gasteiger partial charge in [-0.15, -0.1) is 0 Å². The van der Waals surface area contributed by atoms with Crippen LogP contribution in [-0.2, 0) is 4.74 Å². The van der Waals surface area contributed by atoms with Crippen molar-refractivity contribution < 1.29 is 4.74 Å². The minimum absolute atomic E-state index is 0.319. The highest BCUT2D eigenvalue weighted by molar-refractivity contribution is 5.17. The number of nitrogens with zero attached hydrogens (tertiary/aromatic N) is 2. The molecule has 4 nitrogen and oxygen atoms in total. The smallest absolute Gasteiger partial charge is 0.122 e. The Morgan fingerprint density at radius 1 is 1.35 bits per heavy atom. The summed E-state index contributed by atoms with van der Waals surface area (Å²) in [7, 11) is 0. The lowest BCUT2D eigenvalue weighted by Crippen LogP contribution is -2.59. The first-order chi connectivity index (χ1) is 9.79. The summed E-state index contributed by atoms with van der Waals surface area (Å²) in [6.07, 6.45) is 7.65. The van der Waals surface area contributed by atoms with E-state index in [1.807, 2.05) is 0 Å². The molecule has 1 N–H and O–H groups in total. The third-order valence-corrected chi connectivity index (χ3v) is 5.21. The molecule has 0 aromatic carbocycles. The van der Waals surface area contributed by atoms with Gasteiger partial charge in [0.15, 0.2) is 0 Å². The molecular weight excluding hydrogens is 250 g/mol. The second kappa shape index (κ2) is 6.01. The molecule has 0 aromatic rings. The van der Waals surface area contributed by atoms with E-state index in [0.717, 1.165) is 32.7 Å². The molecule has 20 heavy (non-hydrogen) atoms. The molecule has 3 unspecified atom stereocenters. The Bertz CT molecular complexity index is 376. The van der Waals surface area contributed by atoms with E-state index in [1.165, 1.54) is 32.1 Å². The van der Waals surface area contributed by atoms with Crippen molar-refractivity contribution in [3.05, 3.63) is 0 Å². The van der Waals surface area contributed by atoms with Gasteiger partial charge < -0.3 is 4.74 Å². The van der Waals surface area contributed by atoms with E-state index in [1.54, 1.807) is 0 Å². The predicted molar refractivity (Wildman–Crippen MR) is 78.3 cm³/mol. The summed E-state index contributed by atoms with van der Waals surface area (Å²) in [4.78, 5) is 2.55. The monoisotopic (exact) mass is 277 g/mol. The maximum absolute atomic E-state index is 9.81. The Kier molecular flexibility index (Phi) is 4.30. The van der Waals surface area contributed by atoms with E-state index >= 15 is 0 Å². The second-order valence-corrected chi connectivity index (χ2v) is 6.66. The van der Waals surface area contributed by atoms with Crippen LogP contribution in [0.1, 0.15) is 45.4 Å². The van der Waals surface area contributed by atoms with Crippen LogP contribution in [0.2, 0.25) is 0 Å². The molecule has 2 saturated carbocycles. The molecular formula is C16H27N3O. The van der Waals surface area contributed by atoms with Crippen molar-refractivity contribution in [2.24, 2.45) is 5.92 Å². The zero-order chi connectivity index (χ0) is 14.0. The second-order valence-electron chi connectivity index (χ2n) is 6.66. The maximum Gasteiger partial charge on any atom is 0.122 e. The van der Waals surface area contributed by atoms with Crippen LogP contribution >= 0.6 is 0 Å². The van der Waals surface area contributed by atoms with Gasteiger partial charge in [-0.3, -0.25) is 10.2 Å². The summed E-state index contributed by atoms with van der Waals surface area (Å²) in [5, 5.41) is 13.4. The minimum atomic E-state index is -0.319. The van der Waals surface area contributed by atoms with Gasteiger partial charge in [0, 0.05) is 19.1 Å². The molecule has 3 fully saturated rings. The molecule has 0 aromatic heterocycles. The normalized spacial score (nSPS) is 33.4. The van der Waals surface area contributed by atoms with E-state index < -0.39 is 0 Å². The number of nitriles is 1. The Morgan fingerprint density at radius 2 is 2.20 bits per heavy atom. The fourth-order valence-electron chi connectivity index (χ4n) is 3.94. The largest absolute Gasteiger partial charge is 0.375 e. The number of hydrogen-bond donors (Lipinski definition) is 1. The van der Waals surface area contributed by atoms with Crippen molar-refractivity contribution in [3.63, 3.8) is 0 Å². The van der Waals surface area contributed by atoms with Gasteiger partial charge in [0.1, 0.15) is 5.54 Å².